The Morgan fingerprint density at radius 2 is 1.86 bits per heavy atom. The summed E-state index contributed by atoms with van der Waals surface area (Å²) in [5, 5.41) is 15.4. The molecule has 0 saturated heterocycles. The van der Waals surface area contributed by atoms with Crippen LogP contribution in [0.25, 0.3) is 0 Å². The Hall–Kier alpha value is -3.33. The predicted molar refractivity (Wildman–Crippen MR) is 137 cm³/mol. The van der Waals surface area contributed by atoms with E-state index in [0.29, 0.717) is 22.3 Å². The number of hydrogen-bond donors (Lipinski definition) is 2. The Labute approximate surface area is 209 Å². The van der Waals surface area contributed by atoms with E-state index >= 15 is 0 Å². The van der Waals surface area contributed by atoms with Gasteiger partial charge in [-0.05, 0) is 61.7 Å². The van der Waals surface area contributed by atoms with Crippen LogP contribution in [0, 0.1) is 6.92 Å². The number of methoxy groups -OCH3 is 1. The van der Waals surface area contributed by atoms with Crippen molar-refractivity contribution in [3.8, 4) is 5.75 Å². The molecule has 0 aliphatic heterocycles. The molecule has 8 nitrogen and oxygen atoms in total. The van der Waals surface area contributed by atoms with Gasteiger partial charge in [-0.15, -0.1) is 10.2 Å². The third kappa shape index (κ3) is 6.63. The molecule has 1 aliphatic rings. The molecule has 3 aromatic rings. The highest BCUT2D eigenvalue weighted by Gasteiger charge is 2.24. The molecule has 0 radical (unpaired) electrons. The number of aryl methyl sites for hydroxylation is 1. The van der Waals surface area contributed by atoms with Crippen molar-refractivity contribution in [1.29, 1.82) is 0 Å². The number of carbonyl (C=O) groups excluding carboxylic acids is 2. The molecule has 2 aromatic carbocycles. The normalized spacial score (nSPS) is 13.9. The third-order valence-corrected chi connectivity index (χ3v) is 7.01. The van der Waals surface area contributed by atoms with E-state index < -0.39 is 0 Å². The standard InChI is InChI=1S/C26H31N5O3S/c1-18-7-6-8-20(15-18)28-24(32)17-35-26-30-29-23(31(26)21-9-4-3-5-10-21)16-27-25(33)19-11-13-22(34-2)14-12-19/h6-8,11-15,21H,3-5,9-10,16-17H2,1-2H3,(H,27,33)(H,28,32). The van der Waals surface area contributed by atoms with Gasteiger partial charge in [0.1, 0.15) is 5.75 Å². The van der Waals surface area contributed by atoms with Crippen LogP contribution in [0.15, 0.2) is 53.7 Å². The lowest BCUT2D eigenvalue weighted by atomic mass is 9.95. The minimum atomic E-state index is -0.183. The SMILES string of the molecule is COc1ccc(C(=O)NCc2nnc(SCC(=O)Nc3cccc(C)c3)n2C2CCCCC2)cc1. The Balaban J connectivity index is 1.43. The lowest BCUT2D eigenvalue weighted by Crippen LogP contribution is -2.26. The third-order valence-electron chi connectivity index (χ3n) is 6.07. The highest BCUT2D eigenvalue weighted by Crippen LogP contribution is 2.32. The topological polar surface area (TPSA) is 98.1 Å². The first-order valence-electron chi connectivity index (χ1n) is 11.9. The van der Waals surface area contributed by atoms with Gasteiger partial charge in [-0.3, -0.25) is 9.59 Å². The van der Waals surface area contributed by atoms with E-state index in [-0.39, 0.29) is 30.2 Å². The van der Waals surface area contributed by atoms with Gasteiger partial charge in [-0.25, -0.2) is 0 Å². The average molecular weight is 494 g/mol. The van der Waals surface area contributed by atoms with E-state index in [2.05, 4.69) is 25.4 Å². The van der Waals surface area contributed by atoms with E-state index in [1.807, 2.05) is 31.2 Å². The molecule has 0 unspecified atom stereocenters. The van der Waals surface area contributed by atoms with Crippen molar-refractivity contribution in [2.75, 3.05) is 18.2 Å². The molecule has 184 valence electrons. The van der Waals surface area contributed by atoms with Gasteiger partial charge in [0, 0.05) is 17.3 Å². The maximum Gasteiger partial charge on any atom is 0.251 e. The van der Waals surface area contributed by atoms with Crippen molar-refractivity contribution in [3.63, 3.8) is 0 Å². The summed E-state index contributed by atoms with van der Waals surface area (Å²) in [4.78, 5) is 25.2. The molecule has 35 heavy (non-hydrogen) atoms. The zero-order valence-corrected chi connectivity index (χ0v) is 20.9. The maximum absolute atomic E-state index is 12.7. The highest BCUT2D eigenvalue weighted by molar-refractivity contribution is 7.99. The number of hydrogen-bond acceptors (Lipinski definition) is 6. The number of anilines is 1. The summed E-state index contributed by atoms with van der Waals surface area (Å²) in [6, 6.07) is 15.0. The van der Waals surface area contributed by atoms with Crippen LogP contribution in [0.4, 0.5) is 5.69 Å². The Kier molecular flexibility index (Phi) is 8.41. The van der Waals surface area contributed by atoms with Crippen molar-refractivity contribution in [3.05, 3.63) is 65.5 Å². The van der Waals surface area contributed by atoms with Gasteiger partial charge >= 0.3 is 0 Å². The van der Waals surface area contributed by atoms with Crippen molar-refractivity contribution in [2.45, 2.75) is 56.8 Å². The molecule has 9 heteroatoms. The quantitative estimate of drug-likeness (QED) is 0.417. The van der Waals surface area contributed by atoms with Crippen LogP contribution in [-0.4, -0.2) is 39.4 Å². The van der Waals surface area contributed by atoms with Crippen molar-refractivity contribution >= 4 is 29.3 Å². The molecule has 0 spiro atoms. The number of benzene rings is 2. The minimum Gasteiger partial charge on any atom is -0.497 e. The number of amides is 2. The summed E-state index contributed by atoms with van der Waals surface area (Å²) in [6.07, 6.45) is 5.61. The number of aromatic nitrogens is 3. The van der Waals surface area contributed by atoms with E-state index in [9.17, 15) is 9.59 Å². The summed E-state index contributed by atoms with van der Waals surface area (Å²) in [5.74, 6) is 1.37. The lowest BCUT2D eigenvalue weighted by molar-refractivity contribution is -0.113. The molecule has 1 aliphatic carbocycles. The zero-order valence-electron chi connectivity index (χ0n) is 20.1. The molecule has 4 rings (SSSR count). The van der Waals surface area contributed by atoms with Crippen molar-refractivity contribution in [2.24, 2.45) is 0 Å². The van der Waals surface area contributed by atoms with Gasteiger partial charge in [-0.2, -0.15) is 0 Å². The number of carbonyl (C=O) groups is 2. The largest absolute Gasteiger partial charge is 0.497 e. The number of rotatable bonds is 9. The number of ether oxygens (including phenoxy) is 1. The van der Waals surface area contributed by atoms with Gasteiger partial charge in [0.2, 0.25) is 5.91 Å². The summed E-state index contributed by atoms with van der Waals surface area (Å²) < 4.78 is 7.28. The summed E-state index contributed by atoms with van der Waals surface area (Å²) in [5.41, 5.74) is 2.43. The van der Waals surface area contributed by atoms with Gasteiger partial charge < -0.3 is 19.9 Å². The van der Waals surface area contributed by atoms with Crippen LogP contribution in [0.3, 0.4) is 0 Å². The Morgan fingerprint density at radius 3 is 2.57 bits per heavy atom. The number of nitrogens with zero attached hydrogens (tertiary/aromatic N) is 3. The molecule has 2 N–H and O–H groups in total. The van der Waals surface area contributed by atoms with Gasteiger partial charge in [0.25, 0.3) is 5.91 Å². The van der Waals surface area contributed by atoms with Crippen LogP contribution in [0.2, 0.25) is 0 Å². The first-order chi connectivity index (χ1) is 17.0. The lowest BCUT2D eigenvalue weighted by Gasteiger charge is -2.25. The van der Waals surface area contributed by atoms with Crippen molar-refractivity contribution < 1.29 is 14.3 Å². The Morgan fingerprint density at radius 1 is 1.09 bits per heavy atom. The van der Waals surface area contributed by atoms with Gasteiger partial charge in [-0.1, -0.05) is 43.2 Å². The second-order valence-electron chi connectivity index (χ2n) is 8.68. The van der Waals surface area contributed by atoms with Crippen LogP contribution in [-0.2, 0) is 11.3 Å². The zero-order chi connectivity index (χ0) is 24.6. The molecule has 1 aromatic heterocycles. The van der Waals surface area contributed by atoms with E-state index in [1.54, 1.807) is 31.4 Å². The molecule has 0 bridgehead atoms. The average Bonchev–Trinajstić information content (AvgIpc) is 3.29. The molecule has 2 amide bonds. The van der Waals surface area contributed by atoms with Crippen LogP contribution in [0.1, 0.15) is 59.9 Å². The Bertz CT molecular complexity index is 1160. The number of thioether (sulfide) groups is 1. The van der Waals surface area contributed by atoms with Crippen LogP contribution >= 0.6 is 11.8 Å². The van der Waals surface area contributed by atoms with E-state index in [0.717, 1.165) is 36.9 Å². The first kappa shape index (κ1) is 24.8. The van der Waals surface area contributed by atoms with Gasteiger partial charge in [0.15, 0.2) is 11.0 Å². The monoisotopic (exact) mass is 493 g/mol. The fourth-order valence-corrected chi connectivity index (χ4v) is 5.11. The van der Waals surface area contributed by atoms with E-state index in [1.165, 1.54) is 18.2 Å². The molecule has 1 heterocycles. The van der Waals surface area contributed by atoms with Crippen molar-refractivity contribution in [1.82, 2.24) is 20.1 Å². The minimum absolute atomic E-state index is 0.0897. The molecule has 0 atom stereocenters. The smallest absolute Gasteiger partial charge is 0.251 e. The fraction of sp³-hybridized carbons (Fsp3) is 0.385. The summed E-state index contributed by atoms with van der Waals surface area (Å²) >= 11 is 1.38. The first-order valence-corrected chi connectivity index (χ1v) is 12.9. The summed E-state index contributed by atoms with van der Waals surface area (Å²) in [6.45, 7) is 2.26. The molecule has 1 fully saturated rings. The second-order valence-corrected chi connectivity index (χ2v) is 9.62. The van der Waals surface area contributed by atoms with Gasteiger partial charge in [0.05, 0.1) is 19.4 Å². The number of nitrogens with one attached hydrogen (secondary N) is 2. The predicted octanol–water partition coefficient (Wildman–Crippen LogP) is 4.76. The highest BCUT2D eigenvalue weighted by atomic mass is 32.2. The molecular formula is C26H31N5O3S. The molecular weight excluding hydrogens is 462 g/mol. The second kappa shape index (κ2) is 11.9. The van der Waals surface area contributed by atoms with Crippen LogP contribution < -0.4 is 15.4 Å². The molecule has 1 saturated carbocycles. The summed E-state index contributed by atoms with van der Waals surface area (Å²) in [7, 11) is 1.59. The van der Waals surface area contributed by atoms with Crippen LogP contribution in [0.5, 0.6) is 5.75 Å². The fourth-order valence-electron chi connectivity index (χ4n) is 4.29. The van der Waals surface area contributed by atoms with E-state index in [4.69, 9.17) is 4.74 Å². The maximum atomic E-state index is 12.7.